The number of rotatable bonds is 3. The monoisotopic (exact) mass is 446 g/mol. The lowest BCUT2D eigenvalue weighted by atomic mass is 10.2. The summed E-state index contributed by atoms with van der Waals surface area (Å²) in [6.45, 7) is 0. The summed E-state index contributed by atoms with van der Waals surface area (Å²) in [7, 11) is 0. The molecule has 0 fully saturated rings. The van der Waals surface area contributed by atoms with E-state index in [0.717, 1.165) is 5.56 Å². The molecule has 146 valence electrons. The number of aromatic hydroxyl groups is 2. The van der Waals surface area contributed by atoms with E-state index in [1.54, 1.807) is 72.8 Å². The highest BCUT2D eigenvalue weighted by molar-refractivity contribution is 9.08. The minimum absolute atomic E-state index is 0.0921. The molecule has 3 aromatic rings. The molecule has 0 saturated carbocycles. The van der Waals surface area contributed by atoms with E-state index in [9.17, 15) is 9.59 Å². The SMILES string of the molecule is O=C(O)c1ccccc1.O=C(O)c1ccccc1.Oc1cc(O)cc(CBr)c1. The van der Waals surface area contributed by atoms with Gasteiger partial charge in [-0.15, -0.1) is 0 Å². The number of hydrogen-bond acceptors (Lipinski definition) is 4. The number of hydrogen-bond donors (Lipinski definition) is 4. The Labute approximate surface area is 170 Å². The van der Waals surface area contributed by atoms with Crippen LogP contribution in [0.4, 0.5) is 0 Å². The van der Waals surface area contributed by atoms with E-state index in [4.69, 9.17) is 20.4 Å². The zero-order chi connectivity index (χ0) is 20.9. The number of carboxylic acid groups (broad SMARTS) is 2. The van der Waals surface area contributed by atoms with Crippen LogP contribution in [0.15, 0.2) is 78.9 Å². The van der Waals surface area contributed by atoms with E-state index in [1.165, 1.54) is 6.07 Å². The molecule has 0 unspecified atom stereocenters. The summed E-state index contributed by atoms with van der Waals surface area (Å²) in [4.78, 5) is 20.4. The topological polar surface area (TPSA) is 115 Å². The Kier molecular flexibility index (Phi) is 9.85. The first-order valence-corrected chi connectivity index (χ1v) is 9.10. The molecule has 0 spiro atoms. The van der Waals surface area contributed by atoms with Gasteiger partial charge in [0, 0.05) is 11.4 Å². The van der Waals surface area contributed by atoms with E-state index in [-0.39, 0.29) is 11.5 Å². The summed E-state index contributed by atoms with van der Waals surface area (Å²) in [5.74, 6) is -1.57. The molecule has 0 heterocycles. The van der Waals surface area contributed by atoms with Gasteiger partial charge in [-0.25, -0.2) is 9.59 Å². The van der Waals surface area contributed by atoms with Crippen LogP contribution in [0.25, 0.3) is 0 Å². The molecular formula is C21H19BrO6. The molecule has 7 heteroatoms. The van der Waals surface area contributed by atoms with Gasteiger partial charge in [-0.3, -0.25) is 0 Å². The van der Waals surface area contributed by atoms with Gasteiger partial charge in [0.15, 0.2) is 0 Å². The zero-order valence-corrected chi connectivity index (χ0v) is 16.3. The Bertz CT molecular complexity index is 812. The Balaban J connectivity index is 0.000000210. The van der Waals surface area contributed by atoms with Gasteiger partial charge in [0.1, 0.15) is 11.5 Å². The van der Waals surface area contributed by atoms with Gasteiger partial charge in [-0.05, 0) is 42.0 Å². The maximum atomic E-state index is 10.2. The summed E-state index contributed by atoms with van der Waals surface area (Å²) >= 11 is 3.20. The minimum Gasteiger partial charge on any atom is -0.508 e. The third-order valence-corrected chi connectivity index (χ3v) is 3.81. The molecule has 0 atom stereocenters. The second kappa shape index (κ2) is 12.1. The van der Waals surface area contributed by atoms with Crippen molar-refractivity contribution in [3.63, 3.8) is 0 Å². The number of phenolic OH excluding ortho intramolecular Hbond substituents is 2. The van der Waals surface area contributed by atoms with Gasteiger partial charge in [-0.1, -0.05) is 52.3 Å². The first-order valence-electron chi connectivity index (χ1n) is 7.98. The molecule has 0 aromatic heterocycles. The molecule has 6 nitrogen and oxygen atoms in total. The average molecular weight is 447 g/mol. The fraction of sp³-hybridized carbons (Fsp3) is 0.0476. The van der Waals surface area contributed by atoms with Crippen LogP contribution in [0.1, 0.15) is 26.3 Å². The number of benzene rings is 3. The standard InChI is InChI=1S/C7H7BrO2.2C7H6O2/c8-4-5-1-6(9)3-7(10)2-5;2*8-7(9)6-4-2-1-3-5-6/h1-3,9-10H,4H2;2*1-5H,(H,8,9). The molecule has 3 aromatic carbocycles. The normalized spacial score (nSPS) is 9.18. The van der Waals surface area contributed by atoms with Crippen molar-refractivity contribution >= 4 is 27.9 Å². The van der Waals surface area contributed by atoms with Crippen molar-refractivity contribution in [2.24, 2.45) is 0 Å². The maximum Gasteiger partial charge on any atom is 0.335 e. The predicted molar refractivity (Wildman–Crippen MR) is 109 cm³/mol. The number of aromatic carboxylic acids is 2. The van der Waals surface area contributed by atoms with E-state index in [1.807, 2.05) is 0 Å². The van der Waals surface area contributed by atoms with Crippen LogP contribution in [0, 0.1) is 0 Å². The van der Waals surface area contributed by atoms with E-state index < -0.39 is 11.9 Å². The summed E-state index contributed by atoms with van der Waals surface area (Å²) < 4.78 is 0. The number of carbonyl (C=O) groups is 2. The van der Waals surface area contributed by atoms with Crippen LogP contribution in [-0.2, 0) is 5.33 Å². The largest absolute Gasteiger partial charge is 0.508 e. The van der Waals surface area contributed by atoms with Crippen molar-refractivity contribution in [1.82, 2.24) is 0 Å². The molecule has 0 amide bonds. The second-order valence-electron chi connectivity index (χ2n) is 5.33. The van der Waals surface area contributed by atoms with Crippen molar-refractivity contribution in [2.45, 2.75) is 5.33 Å². The Morgan fingerprint density at radius 3 is 1.29 bits per heavy atom. The van der Waals surface area contributed by atoms with Gasteiger partial charge in [0.2, 0.25) is 0 Å². The highest BCUT2D eigenvalue weighted by Gasteiger charge is 1.97. The molecule has 3 rings (SSSR count). The minimum atomic E-state index is -0.879. The van der Waals surface area contributed by atoms with Crippen LogP contribution < -0.4 is 0 Å². The van der Waals surface area contributed by atoms with E-state index in [0.29, 0.717) is 16.5 Å². The maximum absolute atomic E-state index is 10.2. The first kappa shape index (κ1) is 22.7. The number of phenols is 2. The fourth-order valence-electron chi connectivity index (χ4n) is 1.90. The molecule has 0 aliphatic carbocycles. The molecule has 0 radical (unpaired) electrons. The van der Waals surface area contributed by atoms with Crippen LogP contribution in [0.5, 0.6) is 11.5 Å². The van der Waals surface area contributed by atoms with Crippen LogP contribution in [-0.4, -0.2) is 32.4 Å². The Morgan fingerprint density at radius 1 is 0.679 bits per heavy atom. The van der Waals surface area contributed by atoms with E-state index in [2.05, 4.69) is 15.9 Å². The zero-order valence-electron chi connectivity index (χ0n) is 14.7. The molecule has 28 heavy (non-hydrogen) atoms. The smallest absolute Gasteiger partial charge is 0.335 e. The third-order valence-electron chi connectivity index (χ3n) is 3.16. The van der Waals surface area contributed by atoms with Crippen molar-refractivity contribution in [3.8, 4) is 11.5 Å². The molecule has 0 bridgehead atoms. The van der Waals surface area contributed by atoms with Gasteiger partial charge in [0.25, 0.3) is 0 Å². The number of halogens is 1. The lowest BCUT2D eigenvalue weighted by Gasteiger charge is -1.97. The van der Waals surface area contributed by atoms with Gasteiger partial charge in [-0.2, -0.15) is 0 Å². The molecule has 0 saturated heterocycles. The van der Waals surface area contributed by atoms with Crippen molar-refractivity contribution in [1.29, 1.82) is 0 Å². The summed E-state index contributed by atoms with van der Waals surface area (Å²) in [6, 6.07) is 21.1. The summed E-state index contributed by atoms with van der Waals surface area (Å²) in [6.07, 6.45) is 0. The van der Waals surface area contributed by atoms with E-state index >= 15 is 0 Å². The molecule has 0 aliphatic heterocycles. The van der Waals surface area contributed by atoms with Crippen LogP contribution >= 0.6 is 15.9 Å². The predicted octanol–water partition coefficient (Wildman–Crippen LogP) is 4.76. The molecule has 0 aliphatic rings. The molecular weight excluding hydrogens is 428 g/mol. The van der Waals surface area contributed by atoms with Gasteiger partial charge >= 0.3 is 11.9 Å². The van der Waals surface area contributed by atoms with Crippen molar-refractivity contribution in [2.75, 3.05) is 0 Å². The quantitative estimate of drug-likeness (QED) is 0.431. The number of carboxylic acids is 2. The number of alkyl halides is 1. The first-order chi connectivity index (χ1) is 13.3. The average Bonchev–Trinajstić information content (AvgIpc) is 2.69. The highest BCUT2D eigenvalue weighted by atomic mass is 79.9. The van der Waals surface area contributed by atoms with Crippen molar-refractivity contribution < 1.29 is 30.0 Å². The highest BCUT2D eigenvalue weighted by Crippen LogP contribution is 2.21. The van der Waals surface area contributed by atoms with Crippen LogP contribution in [0.3, 0.4) is 0 Å². The summed E-state index contributed by atoms with van der Waals surface area (Å²) in [5, 5.41) is 35.3. The van der Waals surface area contributed by atoms with Gasteiger partial charge < -0.3 is 20.4 Å². The third kappa shape index (κ3) is 8.86. The Hall–Kier alpha value is -3.32. The van der Waals surface area contributed by atoms with Gasteiger partial charge in [0.05, 0.1) is 11.1 Å². The lowest BCUT2D eigenvalue weighted by molar-refractivity contribution is 0.0686. The van der Waals surface area contributed by atoms with Crippen LogP contribution in [0.2, 0.25) is 0 Å². The lowest BCUT2D eigenvalue weighted by Crippen LogP contribution is -1.93. The fourth-order valence-corrected chi connectivity index (χ4v) is 2.22. The Morgan fingerprint density at radius 2 is 1.04 bits per heavy atom. The molecule has 4 N–H and O–H groups in total. The van der Waals surface area contributed by atoms with Crippen molar-refractivity contribution in [3.05, 3.63) is 95.6 Å². The summed E-state index contributed by atoms with van der Waals surface area (Å²) in [5.41, 5.74) is 1.52. The second-order valence-corrected chi connectivity index (χ2v) is 5.89.